The van der Waals surface area contributed by atoms with Crippen molar-refractivity contribution in [2.75, 3.05) is 6.61 Å². The smallest absolute Gasteiger partial charge is 0.143 e. The highest BCUT2D eigenvalue weighted by Gasteiger charge is 2.05. The van der Waals surface area contributed by atoms with Crippen molar-refractivity contribution in [3.63, 3.8) is 0 Å². The first-order valence-corrected chi connectivity index (χ1v) is 6.51. The molecule has 0 heterocycles. The molecule has 0 aliphatic carbocycles. The molecule has 1 aromatic rings. The minimum atomic E-state index is 0.191. The lowest BCUT2D eigenvalue weighted by Crippen LogP contribution is -1.89. The Labute approximate surface area is 108 Å². The first-order chi connectivity index (χ1) is 7.15. The van der Waals surface area contributed by atoms with Gasteiger partial charge in [0.25, 0.3) is 0 Å². The van der Waals surface area contributed by atoms with E-state index in [9.17, 15) is 5.11 Å². The summed E-state index contributed by atoms with van der Waals surface area (Å²) in [6, 6.07) is 3.71. The second-order valence-corrected chi connectivity index (χ2v) is 4.44. The van der Waals surface area contributed by atoms with Crippen LogP contribution in [0.3, 0.4) is 0 Å². The molecular formula is C11H16Br2O2. The van der Waals surface area contributed by atoms with E-state index in [1.807, 2.05) is 26.0 Å². The largest absolute Gasteiger partial charge is 0.506 e. The van der Waals surface area contributed by atoms with Crippen LogP contribution in [0.1, 0.15) is 25.8 Å². The normalized spacial score (nSPS) is 9.40. The zero-order chi connectivity index (χ0) is 11.8. The Kier molecular flexibility index (Phi) is 8.10. The van der Waals surface area contributed by atoms with E-state index in [0.29, 0.717) is 8.95 Å². The van der Waals surface area contributed by atoms with Gasteiger partial charge in [0, 0.05) is 6.61 Å². The molecule has 0 aliphatic rings. The molecule has 0 unspecified atom stereocenters. The van der Waals surface area contributed by atoms with E-state index in [4.69, 9.17) is 5.11 Å². The van der Waals surface area contributed by atoms with Crippen molar-refractivity contribution in [2.24, 2.45) is 0 Å². The highest BCUT2D eigenvalue weighted by Crippen LogP contribution is 2.33. The van der Waals surface area contributed by atoms with Crippen LogP contribution in [0, 0.1) is 0 Å². The molecule has 0 aromatic heterocycles. The zero-order valence-electron chi connectivity index (χ0n) is 8.93. The van der Waals surface area contributed by atoms with Crippen LogP contribution in [0.2, 0.25) is 0 Å². The third kappa shape index (κ3) is 5.00. The third-order valence-electron chi connectivity index (χ3n) is 1.70. The highest BCUT2D eigenvalue weighted by atomic mass is 79.9. The van der Waals surface area contributed by atoms with Gasteiger partial charge in [-0.25, -0.2) is 0 Å². The van der Waals surface area contributed by atoms with E-state index in [1.54, 1.807) is 0 Å². The number of aryl methyl sites for hydroxylation is 1. The minimum Gasteiger partial charge on any atom is -0.506 e. The summed E-state index contributed by atoms with van der Waals surface area (Å²) < 4.78 is 1.35. The van der Waals surface area contributed by atoms with Gasteiger partial charge in [-0.2, -0.15) is 0 Å². The number of benzene rings is 1. The number of phenolic OH excluding ortho intramolecular Hbond substituents is 1. The number of aliphatic hydroxyl groups is 1. The number of phenols is 1. The molecule has 2 nitrogen and oxygen atoms in total. The number of hydrogen-bond donors (Lipinski definition) is 2. The van der Waals surface area contributed by atoms with Crippen LogP contribution in [0.4, 0.5) is 0 Å². The molecule has 0 fully saturated rings. The molecule has 4 heteroatoms. The summed E-state index contributed by atoms with van der Waals surface area (Å²) in [7, 11) is 0. The van der Waals surface area contributed by atoms with E-state index < -0.39 is 0 Å². The summed E-state index contributed by atoms with van der Waals surface area (Å²) in [4.78, 5) is 0. The molecule has 0 atom stereocenters. The van der Waals surface area contributed by atoms with Crippen LogP contribution in [0.15, 0.2) is 21.1 Å². The molecule has 15 heavy (non-hydrogen) atoms. The Morgan fingerprint density at radius 1 is 1.13 bits per heavy atom. The first-order valence-electron chi connectivity index (χ1n) is 4.93. The maximum Gasteiger partial charge on any atom is 0.143 e. The van der Waals surface area contributed by atoms with Gasteiger partial charge < -0.3 is 10.2 Å². The Bertz CT molecular complexity index is 278. The summed E-state index contributed by atoms with van der Waals surface area (Å²) >= 11 is 6.49. The van der Waals surface area contributed by atoms with Gasteiger partial charge >= 0.3 is 0 Å². The van der Waals surface area contributed by atoms with Crippen molar-refractivity contribution in [3.05, 3.63) is 26.6 Å². The van der Waals surface area contributed by atoms with Crippen molar-refractivity contribution >= 4 is 31.9 Å². The predicted molar refractivity (Wildman–Crippen MR) is 70.3 cm³/mol. The number of rotatable bonds is 3. The van der Waals surface area contributed by atoms with Crippen LogP contribution in [-0.2, 0) is 6.42 Å². The summed E-state index contributed by atoms with van der Waals surface area (Å²) in [5, 5.41) is 18.1. The number of aromatic hydroxyl groups is 1. The lowest BCUT2D eigenvalue weighted by Gasteiger charge is -2.04. The fourth-order valence-corrected chi connectivity index (χ4v) is 2.33. The highest BCUT2D eigenvalue weighted by molar-refractivity contribution is 9.11. The Morgan fingerprint density at radius 2 is 1.60 bits per heavy atom. The Morgan fingerprint density at radius 3 is 2.00 bits per heavy atom. The van der Waals surface area contributed by atoms with Crippen LogP contribution in [-0.4, -0.2) is 16.8 Å². The van der Waals surface area contributed by atoms with Crippen LogP contribution in [0.5, 0.6) is 5.75 Å². The molecule has 1 rings (SSSR count). The fourth-order valence-electron chi connectivity index (χ4n) is 1.05. The molecule has 86 valence electrons. The van der Waals surface area contributed by atoms with Crippen LogP contribution >= 0.6 is 31.9 Å². The molecule has 0 saturated carbocycles. The number of aliphatic hydroxyl groups excluding tert-OH is 1. The maximum atomic E-state index is 9.41. The fraction of sp³-hybridized carbons (Fsp3) is 0.455. The average molecular weight is 340 g/mol. The van der Waals surface area contributed by atoms with E-state index >= 15 is 0 Å². The summed E-state index contributed by atoms with van der Waals surface area (Å²) in [5.41, 5.74) is 1.09. The second-order valence-electron chi connectivity index (χ2n) is 2.74. The van der Waals surface area contributed by atoms with E-state index in [2.05, 4.69) is 31.9 Å². The van der Waals surface area contributed by atoms with Crippen molar-refractivity contribution in [2.45, 2.75) is 26.7 Å². The predicted octanol–water partition coefficient (Wildman–Crippen LogP) is 3.87. The lowest BCUT2D eigenvalue weighted by atomic mass is 10.1. The van der Waals surface area contributed by atoms with Crippen molar-refractivity contribution in [1.82, 2.24) is 0 Å². The van der Waals surface area contributed by atoms with E-state index in [0.717, 1.165) is 18.4 Å². The topological polar surface area (TPSA) is 40.5 Å². The van der Waals surface area contributed by atoms with Gasteiger partial charge in [-0.05, 0) is 62.4 Å². The summed E-state index contributed by atoms with van der Waals surface area (Å²) in [6.45, 7) is 4.19. The number of halogens is 2. The summed E-state index contributed by atoms with van der Waals surface area (Å²) in [5.74, 6) is 0.216. The second kappa shape index (κ2) is 8.13. The SMILES string of the molecule is CC.OCCCc1cc(Br)c(O)c(Br)c1. The molecule has 0 saturated heterocycles. The van der Waals surface area contributed by atoms with Crippen LogP contribution < -0.4 is 0 Å². The molecule has 0 amide bonds. The Hall–Kier alpha value is -0.0600. The summed E-state index contributed by atoms with van der Waals surface area (Å²) in [6.07, 6.45) is 1.55. The molecule has 0 bridgehead atoms. The van der Waals surface area contributed by atoms with E-state index in [1.165, 1.54) is 0 Å². The van der Waals surface area contributed by atoms with Gasteiger partial charge in [0.15, 0.2) is 0 Å². The zero-order valence-corrected chi connectivity index (χ0v) is 12.1. The average Bonchev–Trinajstić information content (AvgIpc) is 2.25. The molecule has 0 aliphatic heterocycles. The van der Waals surface area contributed by atoms with Gasteiger partial charge in [-0.15, -0.1) is 0 Å². The number of hydrogen-bond acceptors (Lipinski definition) is 2. The third-order valence-corrected chi connectivity index (χ3v) is 2.91. The Balaban J connectivity index is 0.000000921. The molecular weight excluding hydrogens is 324 g/mol. The first kappa shape index (κ1) is 14.9. The molecule has 2 N–H and O–H groups in total. The van der Waals surface area contributed by atoms with Gasteiger partial charge in [0.05, 0.1) is 8.95 Å². The van der Waals surface area contributed by atoms with Crippen LogP contribution in [0.25, 0.3) is 0 Å². The van der Waals surface area contributed by atoms with Gasteiger partial charge in [-0.1, -0.05) is 13.8 Å². The monoisotopic (exact) mass is 338 g/mol. The quantitative estimate of drug-likeness (QED) is 0.877. The van der Waals surface area contributed by atoms with Crippen molar-refractivity contribution in [1.29, 1.82) is 0 Å². The van der Waals surface area contributed by atoms with Crippen molar-refractivity contribution in [3.8, 4) is 5.75 Å². The molecule has 0 spiro atoms. The van der Waals surface area contributed by atoms with Crippen molar-refractivity contribution < 1.29 is 10.2 Å². The van der Waals surface area contributed by atoms with Gasteiger partial charge in [0.1, 0.15) is 5.75 Å². The maximum absolute atomic E-state index is 9.41. The van der Waals surface area contributed by atoms with E-state index in [-0.39, 0.29) is 12.4 Å². The molecule has 0 radical (unpaired) electrons. The molecule has 1 aromatic carbocycles. The lowest BCUT2D eigenvalue weighted by molar-refractivity contribution is 0.288. The van der Waals surface area contributed by atoms with Gasteiger partial charge in [-0.3, -0.25) is 0 Å². The minimum absolute atomic E-state index is 0.191. The van der Waals surface area contributed by atoms with Gasteiger partial charge in [0.2, 0.25) is 0 Å². The standard InChI is InChI=1S/C9H10Br2O2.C2H6/c10-7-4-6(2-1-3-12)5-8(11)9(7)13;1-2/h4-5,12-13H,1-3H2;1-2H3.